The molecular formula is C16H25N3. The summed E-state index contributed by atoms with van der Waals surface area (Å²) in [5, 5.41) is 7.85. The minimum atomic E-state index is 0.0289. The summed E-state index contributed by atoms with van der Waals surface area (Å²) in [7, 11) is 0. The molecule has 0 aromatic heterocycles. The van der Waals surface area contributed by atoms with E-state index >= 15 is 0 Å². The lowest BCUT2D eigenvalue weighted by atomic mass is 9.85. The predicted octanol–water partition coefficient (Wildman–Crippen LogP) is 2.83. The Kier molecular flexibility index (Phi) is 4.97. The SMILES string of the molecule is CCN(CC1CCC1)CC(C(=N)N)c1ccccc1. The van der Waals surface area contributed by atoms with Crippen LogP contribution in [0.25, 0.3) is 0 Å². The van der Waals surface area contributed by atoms with E-state index < -0.39 is 0 Å². The first-order valence-corrected chi connectivity index (χ1v) is 7.32. The Morgan fingerprint density at radius 1 is 1.37 bits per heavy atom. The monoisotopic (exact) mass is 259 g/mol. The maximum absolute atomic E-state index is 7.85. The van der Waals surface area contributed by atoms with Gasteiger partial charge >= 0.3 is 0 Å². The van der Waals surface area contributed by atoms with Crippen LogP contribution in [0, 0.1) is 11.3 Å². The zero-order valence-electron chi connectivity index (χ0n) is 11.8. The molecule has 1 atom stereocenters. The van der Waals surface area contributed by atoms with Gasteiger partial charge in [0.15, 0.2) is 0 Å². The summed E-state index contributed by atoms with van der Waals surface area (Å²) in [5.74, 6) is 1.17. The Morgan fingerprint density at radius 2 is 2.05 bits per heavy atom. The van der Waals surface area contributed by atoms with E-state index in [1.807, 2.05) is 18.2 Å². The summed E-state index contributed by atoms with van der Waals surface area (Å²) in [4.78, 5) is 2.45. The Labute approximate surface area is 116 Å². The molecule has 1 fully saturated rings. The molecule has 1 unspecified atom stereocenters. The largest absolute Gasteiger partial charge is 0.387 e. The summed E-state index contributed by atoms with van der Waals surface area (Å²) < 4.78 is 0. The van der Waals surface area contributed by atoms with E-state index in [-0.39, 0.29) is 11.8 Å². The van der Waals surface area contributed by atoms with E-state index in [1.54, 1.807) is 0 Å². The van der Waals surface area contributed by atoms with Crippen molar-refractivity contribution in [3.63, 3.8) is 0 Å². The van der Waals surface area contributed by atoms with Gasteiger partial charge in [-0.1, -0.05) is 43.7 Å². The van der Waals surface area contributed by atoms with E-state index in [2.05, 4.69) is 24.0 Å². The molecule has 0 radical (unpaired) electrons. The second kappa shape index (κ2) is 6.71. The van der Waals surface area contributed by atoms with Crippen LogP contribution in [0.15, 0.2) is 30.3 Å². The fourth-order valence-corrected chi connectivity index (χ4v) is 2.70. The van der Waals surface area contributed by atoms with Gasteiger partial charge in [0.1, 0.15) is 0 Å². The number of benzene rings is 1. The molecule has 0 saturated heterocycles. The normalized spacial score (nSPS) is 17.2. The molecule has 0 heterocycles. The van der Waals surface area contributed by atoms with Crippen molar-refractivity contribution in [2.45, 2.75) is 32.1 Å². The average molecular weight is 259 g/mol. The van der Waals surface area contributed by atoms with Gasteiger partial charge in [-0.15, -0.1) is 0 Å². The molecular weight excluding hydrogens is 234 g/mol. The van der Waals surface area contributed by atoms with Gasteiger partial charge in [0.05, 0.1) is 11.8 Å². The molecule has 0 aliphatic heterocycles. The lowest BCUT2D eigenvalue weighted by molar-refractivity contribution is 0.182. The van der Waals surface area contributed by atoms with E-state index in [0.29, 0.717) is 0 Å². The summed E-state index contributed by atoms with van der Waals surface area (Å²) in [6.07, 6.45) is 4.12. The molecule has 1 saturated carbocycles. The molecule has 19 heavy (non-hydrogen) atoms. The van der Waals surface area contributed by atoms with Gasteiger partial charge in [-0.3, -0.25) is 5.41 Å². The maximum atomic E-state index is 7.85. The molecule has 3 heteroatoms. The fourth-order valence-electron chi connectivity index (χ4n) is 2.70. The van der Waals surface area contributed by atoms with Crippen LogP contribution in [-0.2, 0) is 0 Å². The van der Waals surface area contributed by atoms with E-state index in [9.17, 15) is 0 Å². The van der Waals surface area contributed by atoms with E-state index in [0.717, 1.165) is 31.1 Å². The molecule has 0 bridgehead atoms. The number of nitrogens with zero attached hydrogens (tertiary/aromatic N) is 1. The van der Waals surface area contributed by atoms with Gasteiger partial charge in [0.2, 0.25) is 0 Å². The number of hydrogen-bond acceptors (Lipinski definition) is 2. The fraction of sp³-hybridized carbons (Fsp3) is 0.562. The average Bonchev–Trinajstić information content (AvgIpc) is 2.37. The van der Waals surface area contributed by atoms with E-state index in [1.165, 1.54) is 19.3 Å². The third kappa shape index (κ3) is 3.80. The van der Waals surface area contributed by atoms with Gasteiger partial charge < -0.3 is 10.6 Å². The van der Waals surface area contributed by atoms with Gasteiger partial charge in [-0.05, 0) is 30.9 Å². The Hall–Kier alpha value is -1.35. The van der Waals surface area contributed by atoms with E-state index in [4.69, 9.17) is 11.1 Å². The molecule has 1 aliphatic carbocycles. The first-order chi connectivity index (χ1) is 9.20. The first-order valence-electron chi connectivity index (χ1n) is 7.32. The minimum Gasteiger partial charge on any atom is -0.387 e. The van der Waals surface area contributed by atoms with Gasteiger partial charge in [-0.2, -0.15) is 0 Å². The summed E-state index contributed by atoms with van der Waals surface area (Å²) >= 11 is 0. The highest BCUT2D eigenvalue weighted by Crippen LogP contribution is 2.28. The Morgan fingerprint density at radius 3 is 2.53 bits per heavy atom. The summed E-state index contributed by atoms with van der Waals surface area (Å²) in [5.41, 5.74) is 6.96. The zero-order chi connectivity index (χ0) is 13.7. The van der Waals surface area contributed by atoms with Crippen molar-refractivity contribution in [3.05, 3.63) is 35.9 Å². The van der Waals surface area contributed by atoms with Crippen molar-refractivity contribution < 1.29 is 0 Å². The smallest absolute Gasteiger partial charge is 0.0995 e. The molecule has 1 aromatic carbocycles. The molecule has 1 aliphatic rings. The zero-order valence-corrected chi connectivity index (χ0v) is 11.8. The topological polar surface area (TPSA) is 53.1 Å². The third-order valence-corrected chi connectivity index (χ3v) is 4.21. The summed E-state index contributed by atoms with van der Waals surface area (Å²) in [6, 6.07) is 10.2. The predicted molar refractivity (Wildman–Crippen MR) is 80.6 cm³/mol. The molecule has 104 valence electrons. The Balaban J connectivity index is 2.00. The van der Waals surface area contributed by atoms with Crippen molar-refractivity contribution in [1.29, 1.82) is 5.41 Å². The second-order valence-electron chi connectivity index (χ2n) is 5.57. The lowest BCUT2D eigenvalue weighted by Crippen LogP contribution is -2.38. The van der Waals surface area contributed by atoms with Crippen LogP contribution in [0.4, 0.5) is 0 Å². The number of amidine groups is 1. The highest BCUT2D eigenvalue weighted by Gasteiger charge is 2.23. The standard InChI is InChI=1S/C16H25N3/c1-2-19(11-13-7-6-8-13)12-15(16(17)18)14-9-4-3-5-10-14/h3-5,9-10,13,15H,2,6-8,11-12H2,1H3,(H3,17,18). The molecule has 2 rings (SSSR count). The van der Waals surface area contributed by atoms with Crippen molar-refractivity contribution in [2.24, 2.45) is 11.7 Å². The highest BCUT2D eigenvalue weighted by molar-refractivity contribution is 5.84. The molecule has 3 N–H and O–H groups in total. The van der Waals surface area contributed by atoms with Gasteiger partial charge in [-0.25, -0.2) is 0 Å². The van der Waals surface area contributed by atoms with Gasteiger partial charge in [0, 0.05) is 13.1 Å². The minimum absolute atomic E-state index is 0.0289. The van der Waals surface area contributed by atoms with Crippen LogP contribution in [-0.4, -0.2) is 30.4 Å². The number of nitrogens with one attached hydrogen (secondary N) is 1. The van der Waals surface area contributed by atoms with Gasteiger partial charge in [0.25, 0.3) is 0 Å². The quantitative estimate of drug-likeness (QED) is 0.584. The third-order valence-electron chi connectivity index (χ3n) is 4.21. The molecule has 1 aromatic rings. The highest BCUT2D eigenvalue weighted by atomic mass is 15.1. The van der Waals surface area contributed by atoms with Crippen molar-refractivity contribution in [3.8, 4) is 0 Å². The van der Waals surface area contributed by atoms with Crippen LogP contribution in [0.1, 0.15) is 37.7 Å². The number of hydrogen-bond donors (Lipinski definition) is 2. The van der Waals surface area contributed by atoms with Crippen molar-refractivity contribution in [1.82, 2.24) is 4.90 Å². The summed E-state index contributed by atoms with van der Waals surface area (Å²) in [6.45, 7) is 5.26. The molecule has 0 spiro atoms. The van der Waals surface area contributed by atoms with Crippen molar-refractivity contribution >= 4 is 5.84 Å². The number of nitrogens with two attached hydrogens (primary N) is 1. The second-order valence-corrected chi connectivity index (χ2v) is 5.57. The van der Waals surface area contributed by atoms with Crippen LogP contribution in [0.3, 0.4) is 0 Å². The maximum Gasteiger partial charge on any atom is 0.0995 e. The molecule has 3 nitrogen and oxygen atoms in total. The van der Waals surface area contributed by atoms with Crippen LogP contribution < -0.4 is 5.73 Å². The van der Waals surface area contributed by atoms with Crippen LogP contribution >= 0.6 is 0 Å². The Bertz CT molecular complexity index is 398. The van der Waals surface area contributed by atoms with Crippen LogP contribution in [0.2, 0.25) is 0 Å². The van der Waals surface area contributed by atoms with Crippen LogP contribution in [0.5, 0.6) is 0 Å². The number of rotatable bonds is 7. The number of likely N-dealkylation sites (N-methyl/N-ethyl adjacent to an activating group) is 1. The van der Waals surface area contributed by atoms with Crippen molar-refractivity contribution in [2.75, 3.05) is 19.6 Å². The lowest BCUT2D eigenvalue weighted by Gasteiger charge is -2.33. The molecule has 0 amide bonds. The first kappa shape index (κ1) is 14.1.